The van der Waals surface area contributed by atoms with E-state index in [-0.39, 0.29) is 11.7 Å². The lowest BCUT2D eigenvalue weighted by molar-refractivity contribution is 0.101. The van der Waals surface area contributed by atoms with Crippen LogP contribution < -0.4 is 0 Å². The largest absolute Gasteiger partial charge is 0.447 e. The van der Waals surface area contributed by atoms with Gasteiger partial charge in [-0.15, -0.1) is 11.6 Å². The van der Waals surface area contributed by atoms with E-state index in [1.54, 1.807) is 0 Å². The number of ketones is 1. The molecule has 4 heteroatoms. The summed E-state index contributed by atoms with van der Waals surface area (Å²) >= 11 is 5.38. The summed E-state index contributed by atoms with van der Waals surface area (Å²) in [5, 5.41) is 0. The van der Waals surface area contributed by atoms with E-state index in [4.69, 9.17) is 16.0 Å². The van der Waals surface area contributed by atoms with Gasteiger partial charge in [0.1, 0.15) is 12.0 Å². The van der Waals surface area contributed by atoms with Gasteiger partial charge in [-0.05, 0) is 0 Å². The van der Waals surface area contributed by atoms with Crippen molar-refractivity contribution in [1.82, 2.24) is 4.98 Å². The second-order valence-electron chi connectivity index (χ2n) is 1.82. The van der Waals surface area contributed by atoms with Crippen molar-refractivity contribution in [1.29, 1.82) is 0 Å². The van der Waals surface area contributed by atoms with Gasteiger partial charge in [-0.1, -0.05) is 0 Å². The standard InChI is InChI=1S/C6H6ClNO2/c1-4(9)5-3-10-6(2-7)8-5/h3H,2H2,1H3. The summed E-state index contributed by atoms with van der Waals surface area (Å²) in [5.41, 5.74) is 0.329. The normalized spacial score (nSPS) is 9.80. The van der Waals surface area contributed by atoms with Gasteiger partial charge in [0.2, 0.25) is 5.89 Å². The minimum atomic E-state index is -0.111. The van der Waals surface area contributed by atoms with Gasteiger partial charge >= 0.3 is 0 Å². The first-order valence-corrected chi connectivity index (χ1v) is 3.29. The van der Waals surface area contributed by atoms with Crippen molar-refractivity contribution in [3.63, 3.8) is 0 Å². The lowest BCUT2D eigenvalue weighted by Gasteiger charge is -1.79. The molecule has 1 heterocycles. The summed E-state index contributed by atoms with van der Waals surface area (Å²) in [5.74, 6) is 0.472. The Morgan fingerprint density at radius 3 is 2.90 bits per heavy atom. The Morgan fingerprint density at radius 1 is 1.90 bits per heavy atom. The zero-order valence-corrected chi connectivity index (χ0v) is 6.18. The number of nitrogens with zero attached hydrogens (tertiary/aromatic N) is 1. The molecule has 1 aromatic heterocycles. The molecule has 0 spiro atoms. The van der Waals surface area contributed by atoms with Crippen molar-refractivity contribution in [3.8, 4) is 0 Å². The van der Waals surface area contributed by atoms with E-state index < -0.39 is 0 Å². The molecule has 0 aliphatic heterocycles. The maximum atomic E-state index is 10.6. The van der Waals surface area contributed by atoms with Gasteiger partial charge in [0.15, 0.2) is 5.78 Å². The number of carbonyl (C=O) groups excluding carboxylic acids is 1. The number of hydrogen-bond donors (Lipinski definition) is 0. The van der Waals surface area contributed by atoms with E-state index in [9.17, 15) is 4.79 Å². The van der Waals surface area contributed by atoms with Crippen molar-refractivity contribution < 1.29 is 9.21 Å². The number of aromatic nitrogens is 1. The van der Waals surface area contributed by atoms with E-state index in [0.717, 1.165) is 0 Å². The average Bonchev–Trinajstić information content (AvgIpc) is 2.34. The van der Waals surface area contributed by atoms with Crippen LogP contribution in [-0.2, 0) is 5.88 Å². The predicted octanol–water partition coefficient (Wildman–Crippen LogP) is 1.62. The van der Waals surface area contributed by atoms with Crippen LogP contribution in [0.3, 0.4) is 0 Å². The molecule has 0 bridgehead atoms. The van der Waals surface area contributed by atoms with E-state index in [1.165, 1.54) is 13.2 Å². The first-order valence-electron chi connectivity index (χ1n) is 2.75. The van der Waals surface area contributed by atoms with Crippen LogP contribution in [0.1, 0.15) is 23.3 Å². The average molecular weight is 160 g/mol. The molecular formula is C6H6ClNO2. The second kappa shape index (κ2) is 2.84. The molecule has 54 valence electrons. The van der Waals surface area contributed by atoms with Crippen LogP contribution in [0.5, 0.6) is 0 Å². The van der Waals surface area contributed by atoms with Crippen molar-refractivity contribution >= 4 is 17.4 Å². The van der Waals surface area contributed by atoms with Crippen LogP contribution in [-0.4, -0.2) is 10.8 Å². The van der Waals surface area contributed by atoms with Crippen molar-refractivity contribution in [2.45, 2.75) is 12.8 Å². The summed E-state index contributed by atoms with van der Waals surface area (Å²) in [6, 6.07) is 0. The lowest BCUT2D eigenvalue weighted by Crippen LogP contribution is -1.91. The fourth-order valence-corrected chi connectivity index (χ4v) is 0.657. The molecule has 0 aliphatic rings. The Morgan fingerprint density at radius 2 is 2.60 bits per heavy atom. The van der Waals surface area contributed by atoms with Crippen LogP contribution >= 0.6 is 11.6 Å². The second-order valence-corrected chi connectivity index (χ2v) is 2.08. The lowest BCUT2D eigenvalue weighted by atomic mass is 10.3. The monoisotopic (exact) mass is 159 g/mol. The molecule has 0 aliphatic carbocycles. The maximum absolute atomic E-state index is 10.6. The highest BCUT2D eigenvalue weighted by atomic mass is 35.5. The molecule has 1 aromatic rings. The van der Waals surface area contributed by atoms with Gasteiger partial charge in [0.25, 0.3) is 0 Å². The molecule has 0 saturated heterocycles. The van der Waals surface area contributed by atoms with Gasteiger partial charge in [0, 0.05) is 6.92 Å². The summed E-state index contributed by atoms with van der Waals surface area (Å²) in [7, 11) is 0. The molecule has 0 N–H and O–H groups in total. The van der Waals surface area contributed by atoms with Crippen molar-refractivity contribution in [3.05, 3.63) is 17.8 Å². The summed E-state index contributed by atoms with van der Waals surface area (Å²) in [4.78, 5) is 14.4. The highest BCUT2D eigenvalue weighted by Gasteiger charge is 2.05. The van der Waals surface area contributed by atoms with E-state index in [1.807, 2.05) is 0 Å². The molecule has 10 heavy (non-hydrogen) atoms. The Kier molecular flexibility index (Phi) is 2.06. The molecule has 0 unspecified atom stereocenters. The number of Topliss-reactive ketones (excluding diaryl/α,β-unsaturated/α-hetero) is 1. The predicted molar refractivity (Wildman–Crippen MR) is 36.1 cm³/mol. The van der Waals surface area contributed by atoms with Crippen LogP contribution in [0.15, 0.2) is 10.7 Å². The molecular weight excluding hydrogens is 154 g/mol. The fourth-order valence-electron chi connectivity index (χ4n) is 0.534. The Labute approximate surface area is 63.0 Å². The van der Waals surface area contributed by atoms with E-state index >= 15 is 0 Å². The molecule has 1 rings (SSSR count). The van der Waals surface area contributed by atoms with Gasteiger partial charge in [-0.2, -0.15) is 0 Å². The zero-order valence-electron chi connectivity index (χ0n) is 5.43. The molecule has 0 atom stereocenters. The fraction of sp³-hybridized carbons (Fsp3) is 0.333. The van der Waals surface area contributed by atoms with E-state index in [0.29, 0.717) is 11.6 Å². The highest BCUT2D eigenvalue weighted by Crippen LogP contribution is 2.04. The molecule has 3 nitrogen and oxygen atoms in total. The molecule has 0 fully saturated rings. The van der Waals surface area contributed by atoms with Crippen LogP contribution in [0.25, 0.3) is 0 Å². The molecule has 0 radical (unpaired) electrons. The Hall–Kier alpha value is -0.830. The third-order valence-corrected chi connectivity index (χ3v) is 1.26. The van der Waals surface area contributed by atoms with Gasteiger partial charge in [-0.25, -0.2) is 4.98 Å². The van der Waals surface area contributed by atoms with Gasteiger partial charge in [0.05, 0.1) is 5.88 Å². The van der Waals surface area contributed by atoms with Gasteiger partial charge in [-0.3, -0.25) is 4.79 Å². The zero-order chi connectivity index (χ0) is 7.56. The summed E-state index contributed by atoms with van der Waals surface area (Å²) in [6.45, 7) is 1.43. The number of rotatable bonds is 2. The molecule has 0 aromatic carbocycles. The van der Waals surface area contributed by atoms with Crippen LogP contribution in [0.4, 0.5) is 0 Å². The number of oxazole rings is 1. The molecule has 0 amide bonds. The first-order chi connectivity index (χ1) is 4.74. The SMILES string of the molecule is CC(=O)c1coc(CCl)n1. The third kappa shape index (κ3) is 1.36. The number of hydrogen-bond acceptors (Lipinski definition) is 3. The quantitative estimate of drug-likeness (QED) is 0.487. The smallest absolute Gasteiger partial charge is 0.209 e. The van der Waals surface area contributed by atoms with E-state index in [2.05, 4.69) is 4.98 Å². The number of halogens is 1. The summed E-state index contributed by atoms with van der Waals surface area (Å²) < 4.78 is 4.81. The van der Waals surface area contributed by atoms with Crippen molar-refractivity contribution in [2.75, 3.05) is 0 Å². The highest BCUT2D eigenvalue weighted by molar-refractivity contribution is 6.16. The molecule has 0 saturated carbocycles. The number of carbonyl (C=O) groups is 1. The summed E-state index contributed by atoms with van der Waals surface area (Å²) in [6.07, 6.45) is 1.31. The maximum Gasteiger partial charge on any atom is 0.209 e. The Balaban J connectivity index is 2.88. The van der Waals surface area contributed by atoms with Gasteiger partial charge < -0.3 is 4.42 Å². The van der Waals surface area contributed by atoms with Crippen molar-refractivity contribution in [2.24, 2.45) is 0 Å². The Bertz CT molecular complexity index is 244. The topological polar surface area (TPSA) is 43.1 Å². The third-order valence-electron chi connectivity index (χ3n) is 1.03. The van der Waals surface area contributed by atoms with Crippen LogP contribution in [0.2, 0.25) is 0 Å². The van der Waals surface area contributed by atoms with Crippen LogP contribution in [0, 0.1) is 0 Å². The first kappa shape index (κ1) is 7.28. The minimum absolute atomic E-state index is 0.111. The minimum Gasteiger partial charge on any atom is -0.447 e. The number of alkyl halides is 1.